The topological polar surface area (TPSA) is 28.7 Å². The minimum Gasteiger partial charge on any atom is -0.278 e. The molecule has 0 bridgehead atoms. The molecule has 0 aliphatic rings. The van der Waals surface area contributed by atoms with E-state index < -0.39 is 0 Å². The first-order valence-electron chi connectivity index (χ1n) is 3.89. The van der Waals surface area contributed by atoms with Crippen molar-refractivity contribution in [2.45, 2.75) is 6.42 Å². The third-order valence-corrected chi connectivity index (χ3v) is 2.34. The third-order valence-electron chi connectivity index (χ3n) is 1.94. The van der Waals surface area contributed by atoms with Gasteiger partial charge in [0.05, 0.1) is 11.7 Å². The zero-order valence-corrected chi connectivity index (χ0v) is 8.13. The Labute approximate surface area is 79.1 Å². The molecule has 0 atom stereocenters. The highest BCUT2D eigenvalue weighted by Crippen LogP contribution is 2.16. The number of alkyl halides is 1. The normalized spacial score (nSPS) is 10.8. The quantitative estimate of drug-likeness (QED) is 0.781. The number of hydrogen-bond acceptors (Lipinski definition) is 1. The molecule has 0 spiro atoms. The molecule has 0 saturated heterocycles. The fourth-order valence-corrected chi connectivity index (χ4v) is 1.78. The van der Waals surface area contributed by atoms with Crippen LogP contribution in [0.3, 0.4) is 0 Å². The average molecular weight is 225 g/mol. The minimum absolute atomic E-state index is 0.997. The molecule has 1 aromatic carbocycles. The number of rotatable bonds is 2. The van der Waals surface area contributed by atoms with Crippen LogP contribution < -0.4 is 0 Å². The standard InChI is InChI=1S/C9H9BrN2/c10-5-4-7-2-1-3-9-8(7)6-11-12-9/h1-3,6H,4-5H2,(H,11,12). The van der Waals surface area contributed by atoms with Crippen LogP contribution in [0.15, 0.2) is 24.4 Å². The van der Waals surface area contributed by atoms with Crippen molar-refractivity contribution in [1.82, 2.24) is 10.2 Å². The van der Waals surface area contributed by atoms with Gasteiger partial charge in [-0.3, -0.25) is 5.10 Å². The molecular weight excluding hydrogens is 216 g/mol. The van der Waals surface area contributed by atoms with E-state index in [9.17, 15) is 0 Å². The molecule has 1 N–H and O–H groups in total. The third kappa shape index (κ3) is 1.25. The second-order valence-corrected chi connectivity index (χ2v) is 3.48. The van der Waals surface area contributed by atoms with Gasteiger partial charge >= 0.3 is 0 Å². The lowest BCUT2D eigenvalue weighted by atomic mass is 10.1. The molecule has 0 fully saturated rings. The average Bonchev–Trinajstić information content (AvgIpc) is 2.53. The van der Waals surface area contributed by atoms with Crippen LogP contribution in [0.1, 0.15) is 5.56 Å². The summed E-state index contributed by atoms with van der Waals surface area (Å²) in [5.41, 5.74) is 2.46. The monoisotopic (exact) mass is 224 g/mol. The summed E-state index contributed by atoms with van der Waals surface area (Å²) in [6.45, 7) is 0. The first-order chi connectivity index (χ1) is 5.92. The number of nitrogens with zero attached hydrogens (tertiary/aromatic N) is 1. The molecule has 2 rings (SSSR count). The number of aryl methyl sites for hydroxylation is 1. The summed E-state index contributed by atoms with van der Waals surface area (Å²) >= 11 is 3.43. The Morgan fingerprint density at radius 2 is 2.33 bits per heavy atom. The van der Waals surface area contributed by atoms with Crippen molar-refractivity contribution in [3.8, 4) is 0 Å². The molecule has 62 valence electrons. The second-order valence-electron chi connectivity index (χ2n) is 2.69. The van der Waals surface area contributed by atoms with Crippen molar-refractivity contribution >= 4 is 26.8 Å². The van der Waals surface area contributed by atoms with E-state index in [0.717, 1.165) is 17.3 Å². The summed E-state index contributed by atoms with van der Waals surface area (Å²) in [5, 5.41) is 9.19. The van der Waals surface area contributed by atoms with E-state index in [2.05, 4.69) is 38.3 Å². The van der Waals surface area contributed by atoms with Crippen molar-refractivity contribution in [3.63, 3.8) is 0 Å². The van der Waals surface area contributed by atoms with Gasteiger partial charge in [0.2, 0.25) is 0 Å². The largest absolute Gasteiger partial charge is 0.278 e. The van der Waals surface area contributed by atoms with E-state index >= 15 is 0 Å². The van der Waals surface area contributed by atoms with Gasteiger partial charge in [-0.15, -0.1) is 0 Å². The number of nitrogens with one attached hydrogen (secondary N) is 1. The van der Waals surface area contributed by atoms with Gasteiger partial charge in [-0.05, 0) is 18.1 Å². The minimum atomic E-state index is 0.997. The summed E-state index contributed by atoms with van der Waals surface area (Å²) in [7, 11) is 0. The molecule has 0 amide bonds. The van der Waals surface area contributed by atoms with Crippen molar-refractivity contribution in [2.75, 3.05) is 5.33 Å². The molecule has 3 heteroatoms. The molecule has 0 unspecified atom stereocenters. The Morgan fingerprint density at radius 3 is 3.17 bits per heavy atom. The van der Waals surface area contributed by atoms with E-state index in [-0.39, 0.29) is 0 Å². The fourth-order valence-electron chi connectivity index (χ4n) is 1.35. The van der Waals surface area contributed by atoms with Gasteiger partial charge in [0.1, 0.15) is 0 Å². The fraction of sp³-hybridized carbons (Fsp3) is 0.222. The number of aromatic nitrogens is 2. The molecule has 0 aliphatic heterocycles. The van der Waals surface area contributed by atoms with E-state index in [4.69, 9.17) is 0 Å². The van der Waals surface area contributed by atoms with Crippen LogP contribution in [0.25, 0.3) is 10.9 Å². The number of H-pyrrole nitrogens is 1. The predicted octanol–water partition coefficient (Wildman–Crippen LogP) is 2.50. The molecule has 0 saturated carbocycles. The lowest BCUT2D eigenvalue weighted by Gasteiger charge is -1.97. The van der Waals surface area contributed by atoms with Gasteiger partial charge in [0.15, 0.2) is 0 Å². The van der Waals surface area contributed by atoms with E-state index in [1.54, 1.807) is 0 Å². The lowest BCUT2D eigenvalue weighted by Crippen LogP contribution is -1.85. The van der Waals surface area contributed by atoms with Gasteiger partial charge in [-0.25, -0.2) is 0 Å². The Hall–Kier alpha value is -0.830. The first-order valence-corrected chi connectivity index (χ1v) is 5.01. The Bertz CT molecular complexity index is 381. The number of benzene rings is 1. The number of fused-ring (bicyclic) bond motifs is 1. The van der Waals surface area contributed by atoms with Crippen molar-refractivity contribution < 1.29 is 0 Å². The van der Waals surface area contributed by atoms with Crippen molar-refractivity contribution in [1.29, 1.82) is 0 Å². The lowest BCUT2D eigenvalue weighted by molar-refractivity contribution is 1.12. The Balaban J connectivity index is 2.57. The van der Waals surface area contributed by atoms with Crippen LogP contribution in [0.2, 0.25) is 0 Å². The molecule has 0 aliphatic carbocycles. The van der Waals surface area contributed by atoms with Crippen LogP contribution in [-0.4, -0.2) is 15.5 Å². The molecule has 2 aromatic rings. The van der Waals surface area contributed by atoms with E-state index in [1.165, 1.54) is 10.9 Å². The maximum absolute atomic E-state index is 4.00. The van der Waals surface area contributed by atoms with Crippen LogP contribution in [-0.2, 0) is 6.42 Å². The number of aromatic amines is 1. The van der Waals surface area contributed by atoms with E-state index in [1.807, 2.05) is 12.3 Å². The van der Waals surface area contributed by atoms with Crippen LogP contribution >= 0.6 is 15.9 Å². The van der Waals surface area contributed by atoms with Gasteiger partial charge in [-0.2, -0.15) is 5.10 Å². The van der Waals surface area contributed by atoms with Crippen LogP contribution in [0.5, 0.6) is 0 Å². The smallest absolute Gasteiger partial charge is 0.0653 e. The molecule has 12 heavy (non-hydrogen) atoms. The van der Waals surface area contributed by atoms with Crippen molar-refractivity contribution in [3.05, 3.63) is 30.0 Å². The Kier molecular flexibility index (Phi) is 2.13. The number of halogens is 1. The zero-order chi connectivity index (χ0) is 8.39. The SMILES string of the molecule is BrCCc1cccc2[nH]ncc12. The van der Waals surface area contributed by atoms with Gasteiger partial charge in [0, 0.05) is 10.7 Å². The summed E-state index contributed by atoms with van der Waals surface area (Å²) in [5.74, 6) is 0. The number of hydrogen-bond donors (Lipinski definition) is 1. The molecule has 2 nitrogen and oxygen atoms in total. The highest BCUT2D eigenvalue weighted by Gasteiger charge is 2.00. The summed E-state index contributed by atoms with van der Waals surface area (Å²) in [6.07, 6.45) is 2.93. The highest BCUT2D eigenvalue weighted by atomic mass is 79.9. The van der Waals surface area contributed by atoms with Crippen molar-refractivity contribution in [2.24, 2.45) is 0 Å². The molecule has 1 aromatic heterocycles. The van der Waals surface area contributed by atoms with Crippen LogP contribution in [0.4, 0.5) is 0 Å². The highest BCUT2D eigenvalue weighted by molar-refractivity contribution is 9.09. The second kappa shape index (κ2) is 3.27. The maximum Gasteiger partial charge on any atom is 0.0653 e. The zero-order valence-electron chi connectivity index (χ0n) is 6.55. The first kappa shape index (κ1) is 7.80. The molecule has 1 heterocycles. The van der Waals surface area contributed by atoms with Gasteiger partial charge < -0.3 is 0 Å². The maximum atomic E-state index is 4.00. The van der Waals surface area contributed by atoms with E-state index in [0.29, 0.717) is 0 Å². The molecule has 0 radical (unpaired) electrons. The van der Waals surface area contributed by atoms with Crippen LogP contribution in [0, 0.1) is 0 Å². The summed E-state index contributed by atoms with van der Waals surface area (Å²) in [4.78, 5) is 0. The van der Waals surface area contributed by atoms with Gasteiger partial charge in [-0.1, -0.05) is 28.1 Å². The summed E-state index contributed by atoms with van der Waals surface area (Å²) < 4.78 is 0. The summed E-state index contributed by atoms with van der Waals surface area (Å²) in [6, 6.07) is 6.23. The molecular formula is C9H9BrN2. The predicted molar refractivity (Wildman–Crippen MR) is 53.6 cm³/mol. The van der Waals surface area contributed by atoms with Gasteiger partial charge in [0.25, 0.3) is 0 Å². The Morgan fingerprint density at radius 1 is 1.42 bits per heavy atom.